The third-order valence-electron chi connectivity index (χ3n) is 6.44. The van der Waals surface area contributed by atoms with Crippen LogP contribution in [0.1, 0.15) is 55.2 Å². The number of esters is 1. The molecule has 1 atom stereocenters. The Kier molecular flexibility index (Phi) is 9.46. The SMILES string of the molecule is COC(=O)CC1=C(C(=O)O)C(c2c(Cl)cccc2Cl)C(C(=O)O)=C(CCc2cc(C(C)C)ccc2OC)N1. The molecule has 0 amide bonds. The molecular weight excluding hydrogens is 533 g/mol. The number of carboxylic acids is 2. The molecule has 2 aromatic rings. The van der Waals surface area contributed by atoms with Crippen LogP contribution >= 0.6 is 23.2 Å². The quantitative estimate of drug-likeness (QED) is 0.316. The normalized spacial score (nSPS) is 15.4. The van der Waals surface area contributed by atoms with Crippen molar-refractivity contribution in [2.24, 2.45) is 0 Å². The summed E-state index contributed by atoms with van der Waals surface area (Å²) in [5.74, 6) is -3.88. The Morgan fingerprint density at radius 3 is 2.08 bits per heavy atom. The van der Waals surface area contributed by atoms with Crippen LogP contribution < -0.4 is 10.1 Å². The lowest BCUT2D eigenvalue weighted by Gasteiger charge is -2.32. The first-order valence-electron chi connectivity index (χ1n) is 11.9. The number of methoxy groups -OCH3 is 2. The molecule has 3 rings (SSSR count). The second-order valence-corrected chi connectivity index (χ2v) is 9.88. The van der Waals surface area contributed by atoms with Crippen LogP contribution in [0.2, 0.25) is 10.0 Å². The number of ether oxygens (including phenoxy) is 2. The highest BCUT2D eigenvalue weighted by atomic mass is 35.5. The van der Waals surface area contributed by atoms with Gasteiger partial charge in [-0.1, -0.05) is 55.2 Å². The highest BCUT2D eigenvalue weighted by Crippen LogP contribution is 2.45. The second-order valence-electron chi connectivity index (χ2n) is 9.07. The van der Waals surface area contributed by atoms with E-state index in [0.717, 1.165) is 11.1 Å². The Morgan fingerprint density at radius 1 is 0.947 bits per heavy atom. The molecule has 10 heteroatoms. The van der Waals surface area contributed by atoms with Gasteiger partial charge in [-0.3, -0.25) is 4.79 Å². The van der Waals surface area contributed by atoms with Crippen LogP contribution in [-0.4, -0.2) is 42.3 Å². The lowest BCUT2D eigenvalue weighted by molar-refractivity contribution is -0.139. The Bertz CT molecular complexity index is 1310. The van der Waals surface area contributed by atoms with Gasteiger partial charge in [0.15, 0.2) is 0 Å². The molecule has 0 aliphatic carbocycles. The number of dihydropyridines is 1. The molecule has 0 radical (unpaired) electrons. The summed E-state index contributed by atoms with van der Waals surface area (Å²) in [4.78, 5) is 37.4. The van der Waals surface area contributed by atoms with E-state index >= 15 is 0 Å². The molecule has 3 N–H and O–H groups in total. The lowest BCUT2D eigenvalue weighted by atomic mass is 9.78. The summed E-state index contributed by atoms with van der Waals surface area (Å²) in [7, 11) is 2.74. The van der Waals surface area contributed by atoms with E-state index in [1.165, 1.54) is 19.2 Å². The number of allylic oxidation sites excluding steroid dienone is 1. The van der Waals surface area contributed by atoms with E-state index in [9.17, 15) is 24.6 Å². The van der Waals surface area contributed by atoms with E-state index in [0.29, 0.717) is 12.2 Å². The summed E-state index contributed by atoms with van der Waals surface area (Å²) >= 11 is 12.9. The van der Waals surface area contributed by atoms with Gasteiger partial charge >= 0.3 is 17.9 Å². The first kappa shape index (κ1) is 29.1. The maximum absolute atomic E-state index is 12.7. The number of nitrogens with one attached hydrogen (secondary N) is 1. The van der Waals surface area contributed by atoms with Crippen LogP contribution in [0.15, 0.2) is 58.9 Å². The predicted molar refractivity (Wildman–Crippen MR) is 144 cm³/mol. The first-order valence-corrected chi connectivity index (χ1v) is 12.6. The zero-order chi connectivity index (χ0) is 28.1. The Hall–Kier alpha value is -3.49. The van der Waals surface area contributed by atoms with E-state index in [4.69, 9.17) is 32.7 Å². The van der Waals surface area contributed by atoms with Gasteiger partial charge in [0.25, 0.3) is 0 Å². The summed E-state index contributed by atoms with van der Waals surface area (Å²) in [6.07, 6.45) is 0.134. The molecule has 1 aliphatic heterocycles. The number of carboxylic acid groups (broad SMARTS) is 2. The zero-order valence-corrected chi connectivity index (χ0v) is 22.9. The second kappa shape index (κ2) is 12.4. The average molecular weight is 562 g/mol. The molecule has 1 unspecified atom stereocenters. The number of rotatable bonds is 10. The number of benzene rings is 2. The molecule has 0 saturated carbocycles. The van der Waals surface area contributed by atoms with Gasteiger partial charge < -0.3 is 25.0 Å². The van der Waals surface area contributed by atoms with Crippen LogP contribution in [0.25, 0.3) is 0 Å². The molecule has 202 valence electrons. The number of carbonyl (C=O) groups excluding carboxylic acids is 1. The van der Waals surface area contributed by atoms with Gasteiger partial charge in [0.05, 0.1) is 37.7 Å². The van der Waals surface area contributed by atoms with Crippen molar-refractivity contribution >= 4 is 41.1 Å². The Balaban J connectivity index is 2.21. The molecule has 0 fully saturated rings. The summed E-state index contributed by atoms with van der Waals surface area (Å²) in [6.45, 7) is 4.13. The van der Waals surface area contributed by atoms with Crippen LogP contribution in [0, 0.1) is 0 Å². The van der Waals surface area contributed by atoms with Crippen molar-refractivity contribution in [1.82, 2.24) is 5.32 Å². The highest BCUT2D eigenvalue weighted by molar-refractivity contribution is 6.36. The first-order chi connectivity index (χ1) is 18.0. The van der Waals surface area contributed by atoms with Gasteiger partial charge in [0.1, 0.15) is 5.75 Å². The van der Waals surface area contributed by atoms with Gasteiger partial charge in [-0.15, -0.1) is 0 Å². The van der Waals surface area contributed by atoms with Crippen molar-refractivity contribution in [2.75, 3.05) is 14.2 Å². The standard InChI is InChI=1S/C28H29Cl2NO7/c1-14(2)15-9-11-21(37-3)16(12-15)8-10-19-24(27(33)34)26(23-17(29)6-5-7-18(23)30)25(28(35)36)20(31-19)13-22(32)38-4/h5-7,9,11-12,14,26,31H,8,10,13H2,1-4H3,(H,33,34)(H,35,36). The zero-order valence-electron chi connectivity index (χ0n) is 21.4. The molecule has 8 nitrogen and oxygen atoms in total. The number of carbonyl (C=O) groups is 3. The van der Waals surface area contributed by atoms with Crippen molar-refractivity contribution in [1.29, 1.82) is 0 Å². The molecule has 1 aliphatic rings. The van der Waals surface area contributed by atoms with E-state index in [1.807, 2.05) is 18.2 Å². The van der Waals surface area contributed by atoms with Crippen LogP contribution in [0.4, 0.5) is 0 Å². The maximum atomic E-state index is 12.7. The van der Waals surface area contributed by atoms with Crippen molar-refractivity contribution < 1.29 is 34.1 Å². The van der Waals surface area contributed by atoms with Gasteiger partial charge in [-0.05, 0) is 48.1 Å². The summed E-state index contributed by atoms with van der Waals surface area (Å²) < 4.78 is 10.3. The summed E-state index contributed by atoms with van der Waals surface area (Å²) in [5.41, 5.74) is 1.76. The Labute approximate surface area is 230 Å². The smallest absolute Gasteiger partial charge is 0.334 e. The monoisotopic (exact) mass is 561 g/mol. The van der Waals surface area contributed by atoms with Crippen molar-refractivity contribution in [3.63, 3.8) is 0 Å². The minimum atomic E-state index is -1.42. The molecule has 1 heterocycles. The minimum absolute atomic E-state index is 0.00762. The lowest BCUT2D eigenvalue weighted by Crippen LogP contribution is -2.34. The van der Waals surface area contributed by atoms with Gasteiger partial charge in [0.2, 0.25) is 0 Å². The fourth-order valence-electron chi connectivity index (χ4n) is 4.56. The molecule has 38 heavy (non-hydrogen) atoms. The van der Waals surface area contributed by atoms with Gasteiger partial charge in [-0.2, -0.15) is 0 Å². The van der Waals surface area contributed by atoms with Gasteiger partial charge in [-0.25, -0.2) is 9.59 Å². The number of aryl methyl sites for hydroxylation is 1. The third-order valence-corrected chi connectivity index (χ3v) is 7.10. The topological polar surface area (TPSA) is 122 Å². The number of halogens is 2. The third kappa shape index (κ3) is 6.14. The maximum Gasteiger partial charge on any atom is 0.334 e. The van der Waals surface area contributed by atoms with E-state index in [2.05, 4.69) is 19.2 Å². The minimum Gasteiger partial charge on any atom is -0.496 e. The molecule has 0 spiro atoms. The van der Waals surface area contributed by atoms with Crippen LogP contribution in [0.5, 0.6) is 5.75 Å². The molecule has 0 bridgehead atoms. The van der Waals surface area contributed by atoms with Crippen molar-refractivity contribution in [2.45, 2.75) is 44.9 Å². The predicted octanol–water partition coefficient (Wildman–Crippen LogP) is 5.69. The largest absolute Gasteiger partial charge is 0.496 e. The molecular formula is C28H29Cl2NO7. The van der Waals surface area contributed by atoms with Crippen LogP contribution in [-0.2, 0) is 25.5 Å². The van der Waals surface area contributed by atoms with E-state index in [-0.39, 0.29) is 50.5 Å². The Morgan fingerprint density at radius 2 is 1.55 bits per heavy atom. The fourth-order valence-corrected chi connectivity index (χ4v) is 5.17. The van der Waals surface area contributed by atoms with E-state index < -0.39 is 30.2 Å². The summed E-state index contributed by atoms with van der Waals surface area (Å²) in [5, 5.41) is 23.7. The van der Waals surface area contributed by atoms with Crippen LogP contribution in [0.3, 0.4) is 0 Å². The summed E-state index contributed by atoms with van der Waals surface area (Å²) in [6, 6.07) is 10.4. The fraction of sp³-hybridized carbons (Fsp3) is 0.321. The van der Waals surface area contributed by atoms with Crippen molar-refractivity contribution in [3.05, 3.63) is 85.7 Å². The highest BCUT2D eigenvalue weighted by Gasteiger charge is 2.40. The van der Waals surface area contributed by atoms with Gasteiger partial charge in [0, 0.05) is 27.0 Å². The number of hydrogen-bond donors (Lipinski definition) is 3. The molecule has 0 aromatic heterocycles. The number of hydrogen-bond acceptors (Lipinski definition) is 6. The molecule has 0 saturated heterocycles. The number of aliphatic carboxylic acids is 2. The molecule has 2 aromatic carbocycles. The average Bonchev–Trinajstić information content (AvgIpc) is 2.86. The van der Waals surface area contributed by atoms with E-state index in [1.54, 1.807) is 13.2 Å². The van der Waals surface area contributed by atoms with Crippen molar-refractivity contribution in [3.8, 4) is 5.75 Å².